The first-order valence-electron chi connectivity index (χ1n) is 16.7. The fraction of sp³-hybridized carbons (Fsp3) is 0.275. The van der Waals surface area contributed by atoms with Crippen LogP contribution < -0.4 is 15.4 Å². The number of carbonyl (C=O) groups excluding carboxylic acids is 2. The summed E-state index contributed by atoms with van der Waals surface area (Å²) in [7, 11) is 1.31. The summed E-state index contributed by atoms with van der Waals surface area (Å²) in [6, 6.07) is 36.6. The maximum Gasteiger partial charge on any atom is 0.407 e. The Bertz CT molecular complexity index is 1740. The van der Waals surface area contributed by atoms with Crippen molar-refractivity contribution >= 4 is 11.9 Å². The lowest BCUT2D eigenvalue weighted by molar-refractivity contribution is -0.120. The van der Waals surface area contributed by atoms with Gasteiger partial charge in [0.05, 0.1) is 18.9 Å². The number of ether oxygens (including phenoxy) is 3. The third-order valence-corrected chi connectivity index (χ3v) is 8.91. The summed E-state index contributed by atoms with van der Waals surface area (Å²) in [5.74, 6) is 0.282. The average Bonchev–Trinajstić information content (AvgIpc) is 3.70. The lowest BCUT2D eigenvalue weighted by Crippen LogP contribution is -2.47. The summed E-state index contributed by atoms with van der Waals surface area (Å²) < 4.78 is 17.7. The normalized spacial score (nSPS) is 16.5. The number of para-hydroxylation sites is 1. The molecule has 0 bridgehead atoms. The maximum absolute atomic E-state index is 14.2. The second-order valence-corrected chi connectivity index (χ2v) is 12.2. The van der Waals surface area contributed by atoms with E-state index >= 15 is 0 Å². The number of amides is 1. The van der Waals surface area contributed by atoms with Crippen LogP contribution in [-0.2, 0) is 27.1 Å². The van der Waals surface area contributed by atoms with Crippen LogP contribution in [0.3, 0.4) is 0 Å². The van der Waals surface area contributed by atoms with Crippen LogP contribution in [0.1, 0.15) is 34.6 Å². The number of nitrogens with one attached hydrogen (secondary N) is 3. The fourth-order valence-corrected chi connectivity index (χ4v) is 6.47. The van der Waals surface area contributed by atoms with Crippen LogP contribution in [0.2, 0.25) is 0 Å². The molecule has 49 heavy (non-hydrogen) atoms. The topological polar surface area (TPSA) is 115 Å². The molecule has 9 nitrogen and oxygen atoms in total. The SMILES string of the molecule is COC(=O)N[C@H](C(=O)Cc1ccccc1CC[C@H]1CNC[C@@H](COc2ccccc2-c2ccn[nH]2)O1)C(c1ccccc1)c1ccccc1. The van der Waals surface area contributed by atoms with Crippen molar-refractivity contribution in [2.45, 2.75) is 43.4 Å². The lowest BCUT2D eigenvalue weighted by Gasteiger charge is -2.31. The quantitative estimate of drug-likeness (QED) is 0.132. The predicted molar refractivity (Wildman–Crippen MR) is 189 cm³/mol. The van der Waals surface area contributed by atoms with Crippen LogP contribution in [0.25, 0.3) is 11.3 Å². The van der Waals surface area contributed by atoms with Crippen molar-refractivity contribution in [1.29, 1.82) is 0 Å². The van der Waals surface area contributed by atoms with Gasteiger partial charge in [0.25, 0.3) is 0 Å². The number of aromatic nitrogens is 2. The van der Waals surface area contributed by atoms with Gasteiger partial charge in [-0.1, -0.05) is 97.1 Å². The Balaban J connectivity index is 1.12. The second-order valence-electron chi connectivity index (χ2n) is 12.2. The fourth-order valence-electron chi connectivity index (χ4n) is 6.47. The van der Waals surface area contributed by atoms with Gasteiger partial charge < -0.3 is 24.8 Å². The third kappa shape index (κ3) is 8.81. The molecule has 0 saturated carbocycles. The van der Waals surface area contributed by atoms with Crippen LogP contribution in [0, 0.1) is 0 Å². The zero-order valence-electron chi connectivity index (χ0n) is 27.6. The molecule has 6 rings (SSSR count). The average molecular weight is 659 g/mol. The van der Waals surface area contributed by atoms with Crippen LogP contribution in [-0.4, -0.2) is 67.1 Å². The number of alkyl carbamates (subject to hydrolysis) is 1. The summed E-state index contributed by atoms with van der Waals surface area (Å²) >= 11 is 0. The van der Waals surface area contributed by atoms with Gasteiger partial charge in [0.1, 0.15) is 24.5 Å². The molecule has 4 aromatic carbocycles. The van der Waals surface area contributed by atoms with E-state index < -0.39 is 18.1 Å². The molecule has 3 atom stereocenters. The molecule has 1 amide bonds. The molecule has 0 unspecified atom stereocenters. The molecule has 0 aliphatic carbocycles. The van der Waals surface area contributed by atoms with Crippen molar-refractivity contribution in [2.75, 3.05) is 26.8 Å². The number of ketones is 1. The zero-order chi connectivity index (χ0) is 33.8. The van der Waals surface area contributed by atoms with Gasteiger partial charge in [-0.05, 0) is 53.3 Å². The number of morpholine rings is 1. The van der Waals surface area contributed by atoms with E-state index in [1.165, 1.54) is 7.11 Å². The number of H-pyrrole nitrogens is 1. The lowest BCUT2D eigenvalue weighted by atomic mass is 9.81. The van der Waals surface area contributed by atoms with E-state index in [9.17, 15) is 9.59 Å². The molecule has 0 radical (unpaired) electrons. The molecular formula is C40H42N4O5. The molecule has 0 spiro atoms. The third-order valence-electron chi connectivity index (χ3n) is 8.91. The van der Waals surface area contributed by atoms with Gasteiger partial charge in [0, 0.05) is 37.2 Å². The van der Waals surface area contributed by atoms with Gasteiger partial charge in [-0.3, -0.25) is 9.89 Å². The molecule has 1 aromatic heterocycles. The van der Waals surface area contributed by atoms with Crippen molar-refractivity contribution in [3.63, 3.8) is 0 Å². The first kappa shape index (κ1) is 33.6. The number of hydrogen-bond donors (Lipinski definition) is 3. The molecule has 1 fully saturated rings. The van der Waals surface area contributed by atoms with E-state index in [1.54, 1.807) is 6.20 Å². The molecule has 2 heterocycles. The van der Waals surface area contributed by atoms with Gasteiger partial charge in [-0.2, -0.15) is 5.10 Å². The van der Waals surface area contributed by atoms with E-state index in [-0.39, 0.29) is 24.4 Å². The van der Waals surface area contributed by atoms with Crippen molar-refractivity contribution in [3.05, 3.63) is 144 Å². The number of benzene rings is 4. The number of aryl methyl sites for hydroxylation is 1. The molecule has 1 aliphatic rings. The molecule has 1 saturated heterocycles. The van der Waals surface area contributed by atoms with Crippen molar-refractivity contribution in [3.8, 4) is 17.0 Å². The Hall–Kier alpha value is -5.25. The standard InChI is InChI=1S/C40H42N4O5/c1-47-40(46)43-39(38(29-13-4-2-5-14-29)30-15-6-3-7-16-30)36(45)24-31-17-9-8-12-28(31)20-21-32-25-41-26-33(49-32)27-48-37-19-11-10-18-34(37)35-22-23-42-44-35/h2-19,22-23,32-33,38-39,41H,20-21,24-27H2,1H3,(H,42,44)(H,43,46)/t32-,33-,39+/m0/s1. The molecular weight excluding hydrogens is 616 g/mol. The highest BCUT2D eigenvalue weighted by molar-refractivity contribution is 5.91. The van der Waals surface area contributed by atoms with Crippen molar-refractivity contribution in [2.24, 2.45) is 0 Å². The highest BCUT2D eigenvalue weighted by atomic mass is 16.5. The van der Waals surface area contributed by atoms with Gasteiger partial charge in [-0.25, -0.2) is 4.79 Å². The molecule has 3 N–H and O–H groups in total. The summed E-state index contributed by atoms with van der Waals surface area (Å²) in [6.45, 7) is 1.86. The minimum atomic E-state index is -0.838. The smallest absolute Gasteiger partial charge is 0.407 e. The number of rotatable bonds is 14. The largest absolute Gasteiger partial charge is 0.490 e. The first-order valence-corrected chi connectivity index (χ1v) is 16.7. The van der Waals surface area contributed by atoms with Crippen LogP contribution in [0.4, 0.5) is 4.79 Å². The number of aromatic amines is 1. The number of hydrogen-bond acceptors (Lipinski definition) is 7. The van der Waals surface area contributed by atoms with E-state index in [2.05, 4.69) is 26.9 Å². The monoisotopic (exact) mass is 658 g/mol. The first-order chi connectivity index (χ1) is 24.1. The summed E-state index contributed by atoms with van der Waals surface area (Å²) in [4.78, 5) is 26.8. The Morgan fingerprint density at radius 1 is 0.837 bits per heavy atom. The number of methoxy groups -OCH3 is 1. The van der Waals surface area contributed by atoms with Crippen molar-refractivity contribution < 1.29 is 23.8 Å². The summed E-state index contributed by atoms with van der Waals surface area (Å²) in [5.41, 5.74) is 5.73. The minimum absolute atomic E-state index is 0.0109. The Kier molecular flexibility index (Phi) is 11.5. The number of nitrogens with zero attached hydrogens (tertiary/aromatic N) is 1. The highest BCUT2D eigenvalue weighted by Crippen LogP contribution is 2.31. The maximum atomic E-state index is 14.2. The predicted octanol–water partition coefficient (Wildman–Crippen LogP) is 6.11. The second kappa shape index (κ2) is 16.7. The summed E-state index contributed by atoms with van der Waals surface area (Å²) in [6.07, 6.45) is 2.64. The highest BCUT2D eigenvalue weighted by Gasteiger charge is 2.33. The van der Waals surface area contributed by atoms with Crippen LogP contribution in [0.5, 0.6) is 5.75 Å². The summed E-state index contributed by atoms with van der Waals surface area (Å²) in [5, 5.41) is 13.4. The molecule has 1 aliphatic heterocycles. The molecule has 9 heteroatoms. The van der Waals surface area contributed by atoms with E-state index in [1.807, 2.05) is 109 Å². The Labute approximate surface area is 287 Å². The van der Waals surface area contributed by atoms with Crippen LogP contribution >= 0.6 is 0 Å². The molecule has 5 aromatic rings. The number of carbonyl (C=O) groups is 2. The van der Waals surface area contributed by atoms with Gasteiger partial charge >= 0.3 is 6.09 Å². The Morgan fingerprint density at radius 2 is 1.49 bits per heavy atom. The van der Waals surface area contributed by atoms with Gasteiger partial charge in [0.15, 0.2) is 5.78 Å². The molecule has 252 valence electrons. The van der Waals surface area contributed by atoms with Crippen LogP contribution in [0.15, 0.2) is 121 Å². The van der Waals surface area contributed by atoms with E-state index in [4.69, 9.17) is 14.2 Å². The van der Waals surface area contributed by atoms with E-state index in [0.717, 1.165) is 58.6 Å². The number of Topliss-reactive ketones (excluding diaryl/α,β-unsaturated/α-hetero) is 1. The zero-order valence-corrected chi connectivity index (χ0v) is 27.6. The minimum Gasteiger partial charge on any atom is -0.490 e. The Morgan fingerprint density at radius 3 is 2.18 bits per heavy atom. The van der Waals surface area contributed by atoms with Gasteiger partial charge in [0.2, 0.25) is 0 Å². The van der Waals surface area contributed by atoms with Gasteiger partial charge in [-0.15, -0.1) is 0 Å². The van der Waals surface area contributed by atoms with E-state index in [0.29, 0.717) is 13.2 Å². The van der Waals surface area contributed by atoms with Crippen molar-refractivity contribution in [1.82, 2.24) is 20.8 Å².